The highest BCUT2D eigenvalue weighted by molar-refractivity contribution is 5.83. The number of nitrogens with two attached hydrogens (primary N) is 1. The fourth-order valence-corrected chi connectivity index (χ4v) is 2.52. The van der Waals surface area contributed by atoms with E-state index < -0.39 is 11.7 Å². The van der Waals surface area contributed by atoms with E-state index in [1.54, 1.807) is 0 Å². The van der Waals surface area contributed by atoms with Gasteiger partial charge in [-0.2, -0.15) is 28.8 Å². The van der Waals surface area contributed by atoms with Gasteiger partial charge in [0.1, 0.15) is 29.1 Å². The third kappa shape index (κ3) is 3.12. The van der Waals surface area contributed by atoms with Crippen molar-refractivity contribution in [3.05, 3.63) is 53.3 Å². The van der Waals surface area contributed by atoms with Crippen LogP contribution in [0, 0.1) is 22.7 Å². The zero-order valence-corrected chi connectivity index (χ0v) is 13.4. The van der Waals surface area contributed by atoms with Crippen molar-refractivity contribution in [1.29, 1.82) is 10.5 Å². The number of pyridine rings is 1. The Bertz CT molecular complexity index is 1100. The average molecular weight is 370 g/mol. The van der Waals surface area contributed by atoms with Gasteiger partial charge in [0.25, 0.3) is 0 Å². The Hall–Kier alpha value is -4.05. The maximum Gasteiger partial charge on any atom is 0.416 e. The molecule has 2 aromatic heterocycles. The number of benzene rings is 1. The summed E-state index contributed by atoms with van der Waals surface area (Å²) in [5, 5.41) is 32.3. The maximum absolute atomic E-state index is 12.8. The van der Waals surface area contributed by atoms with Crippen LogP contribution in [-0.2, 0) is 6.18 Å². The molecule has 0 spiro atoms. The number of nitrogens with zero attached hydrogens (tertiary/aromatic N) is 5. The van der Waals surface area contributed by atoms with E-state index in [0.717, 1.165) is 35.1 Å². The van der Waals surface area contributed by atoms with Crippen molar-refractivity contribution in [3.63, 3.8) is 0 Å². The van der Waals surface area contributed by atoms with Crippen molar-refractivity contribution in [1.82, 2.24) is 14.8 Å². The second kappa shape index (κ2) is 6.35. The Kier molecular flexibility index (Phi) is 4.18. The molecule has 0 aliphatic heterocycles. The summed E-state index contributed by atoms with van der Waals surface area (Å²) in [6.07, 6.45) is -2.25. The molecule has 3 rings (SSSR count). The van der Waals surface area contributed by atoms with E-state index in [2.05, 4.69) is 10.1 Å². The van der Waals surface area contributed by atoms with Crippen molar-refractivity contribution in [2.45, 2.75) is 6.18 Å². The van der Waals surface area contributed by atoms with Gasteiger partial charge in [0, 0.05) is 5.56 Å². The Labute approximate surface area is 150 Å². The summed E-state index contributed by atoms with van der Waals surface area (Å²) in [4.78, 5) is 3.98. The Balaban J connectivity index is 2.30. The maximum atomic E-state index is 12.8. The zero-order chi connectivity index (χ0) is 19.8. The number of rotatable bonds is 2. The van der Waals surface area contributed by atoms with Crippen LogP contribution in [0.1, 0.15) is 16.7 Å². The lowest BCUT2D eigenvalue weighted by atomic mass is 9.95. The van der Waals surface area contributed by atoms with E-state index in [4.69, 9.17) is 5.73 Å². The van der Waals surface area contributed by atoms with Gasteiger partial charge in [0.05, 0.1) is 18.0 Å². The largest absolute Gasteiger partial charge is 0.505 e. The molecule has 10 heteroatoms. The number of aromatic hydroxyl groups is 1. The summed E-state index contributed by atoms with van der Waals surface area (Å²) in [7, 11) is 0. The Morgan fingerprint density at radius 1 is 1.07 bits per heavy atom. The van der Waals surface area contributed by atoms with Crippen molar-refractivity contribution >= 4 is 5.82 Å². The highest BCUT2D eigenvalue weighted by atomic mass is 19.4. The van der Waals surface area contributed by atoms with E-state index in [-0.39, 0.29) is 39.6 Å². The minimum atomic E-state index is -4.52. The normalized spacial score (nSPS) is 11.0. The first kappa shape index (κ1) is 17.8. The fourth-order valence-electron chi connectivity index (χ4n) is 2.52. The Morgan fingerprint density at radius 3 is 2.19 bits per heavy atom. The molecule has 0 radical (unpaired) electrons. The number of nitriles is 2. The van der Waals surface area contributed by atoms with Gasteiger partial charge in [-0.05, 0) is 17.7 Å². The minimum absolute atomic E-state index is 0.0335. The van der Waals surface area contributed by atoms with Crippen LogP contribution in [-0.4, -0.2) is 19.9 Å². The summed E-state index contributed by atoms with van der Waals surface area (Å²) in [5.74, 6) is -0.486. The van der Waals surface area contributed by atoms with Crippen molar-refractivity contribution in [3.8, 4) is 34.8 Å². The molecule has 0 aliphatic rings. The van der Waals surface area contributed by atoms with Gasteiger partial charge >= 0.3 is 6.18 Å². The molecule has 0 saturated carbocycles. The number of aromatic nitrogens is 3. The van der Waals surface area contributed by atoms with Crippen LogP contribution in [0.2, 0.25) is 0 Å². The SMILES string of the molecule is N#Cc1c(N)nc(-n2cc(O)cn2)c(C#N)c1-c1ccc(C(F)(F)F)cc1. The minimum Gasteiger partial charge on any atom is -0.505 e. The van der Waals surface area contributed by atoms with E-state index >= 15 is 0 Å². The first-order valence-corrected chi connectivity index (χ1v) is 7.31. The van der Waals surface area contributed by atoms with Gasteiger partial charge in [-0.1, -0.05) is 12.1 Å². The molecule has 0 saturated heterocycles. The fraction of sp³-hybridized carbons (Fsp3) is 0.0588. The number of nitrogen functional groups attached to an aromatic ring is 1. The second-order valence-electron chi connectivity index (χ2n) is 5.39. The summed E-state index contributed by atoms with van der Waals surface area (Å²) < 4.78 is 39.5. The Morgan fingerprint density at radius 2 is 1.70 bits per heavy atom. The predicted octanol–water partition coefficient (Wildman–Crippen LogP) is 2.98. The smallest absolute Gasteiger partial charge is 0.416 e. The lowest BCUT2D eigenvalue weighted by Crippen LogP contribution is -2.09. The lowest BCUT2D eigenvalue weighted by molar-refractivity contribution is -0.137. The standard InChI is InChI=1S/C17H9F3N6O/c18-17(19,20)10-3-1-9(2-4-10)14-12(5-21)15(23)25-16(13(14)6-22)26-8-11(27)7-24-26/h1-4,7-8,27H,(H2,23,25). The van der Waals surface area contributed by atoms with Crippen LogP contribution in [0.15, 0.2) is 36.7 Å². The average Bonchev–Trinajstić information content (AvgIpc) is 3.06. The molecule has 0 unspecified atom stereocenters. The van der Waals surface area contributed by atoms with Crippen LogP contribution in [0.4, 0.5) is 19.0 Å². The molecular formula is C17H9F3N6O. The summed E-state index contributed by atoms with van der Waals surface area (Å²) >= 11 is 0. The third-order valence-electron chi connectivity index (χ3n) is 3.72. The summed E-state index contributed by atoms with van der Waals surface area (Å²) in [6.45, 7) is 0. The van der Waals surface area contributed by atoms with Gasteiger partial charge in [-0.3, -0.25) is 0 Å². The van der Waals surface area contributed by atoms with Crippen LogP contribution in [0.3, 0.4) is 0 Å². The van der Waals surface area contributed by atoms with Gasteiger partial charge in [0.15, 0.2) is 11.6 Å². The highest BCUT2D eigenvalue weighted by Gasteiger charge is 2.30. The summed E-state index contributed by atoms with van der Waals surface area (Å²) in [6, 6.07) is 7.68. The van der Waals surface area contributed by atoms with Gasteiger partial charge in [0.2, 0.25) is 0 Å². The van der Waals surface area contributed by atoms with Gasteiger partial charge < -0.3 is 10.8 Å². The molecule has 27 heavy (non-hydrogen) atoms. The molecule has 3 aromatic rings. The molecule has 0 bridgehead atoms. The topological polar surface area (TPSA) is 125 Å². The number of anilines is 1. The molecule has 1 aromatic carbocycles. The van der Waals surface area contributed by atoms with Crippen LogP contribution >= 0.6 is 0 Å². The lowest BCUT2D eigenvalue weighted by Gasteiger charge is -2.14. The predicted molar refractivity (Wildman–Crippen MR) is 87.3 cm³/mol. The monoisotopic (exact) mass is 370 g/mol. The van der Waals surface area contributed by atoms with Gasteiger partial charge in [-0.15, -0.1) is 0 Å². The molecule has 0 atom stereocenters. The number of hydrogen-bond donors (Lipinski definition) is 2. The van der Waals surface area contributed by atoms with E-state index in [1.807, 2.05) is 12.1 Å². The first-order valence-electron chi connectivity index (χ1n) is 7.31. The first-order chi connectivity index (χ1) is 12.8. The van der Waals surface area contributed by atoms with Crippen LogP contribution < -0.4 is 5.73 Å². The number of alkyl halides is 3. The number of halogens is 3. The molecular weight excluding hydrogens is 361 g/mol. The van der Waals surface area contributed by atoms with Crippen molar-refractivity contribution in [2.24, 2.45) is 0 Å². The van der Waals surface area contributed by atoms with Crippen molar-refractivity contribution < 1.29 is 18.3 Å². The molecule has 0 aliphatic carbocycles. The van der Waals surface area contributed by atoms with Gasteiger partial charge in [-0.25, -0.2) is 9.67 Å². The highest BCUT2D eigenvalue weighted by Crippen LogP contribution is 2.36. The van der Waals surface area contributed by atoms with Crippen LogP contribution in [0.25, 0.3) is 16.9 Å². The molecule has 0 amide bonds. The number of hydrogen-bond acceptors (Lipinski definition) is 6. The summed E-state index contributed by atoms with van der Waals surface area (Å²) in [5.41, 5.74) is 4.89. The van der Waals surface area contributed by atoms with Crippen LogP contribution in [0.5, 0.6) is 5.75 Å². The molecule has 0 fully saturated rings. The second-order valence-corrected chi connectivity index (χ2v) is 5.39. The van der Waals surface area contributed by atoms with E-state index in [9.17, 15) is 28.8 Å². The molecule has 2 heterocycles. The van der Waals surface area contributed by atoms with Crippen molar-refractivity contribution in [2.75, 3.05) is 5.73 Å². The molecule has 3 N–H and O–H groups in total. The quantitative estimate of drug-likeness (QED) is 0.714. The van der Waals surface area contributed by atoms with E-state index in [1.165, 1.54) is 6.20 Å². The van der Waals surface area contributed by atoms with E-state index in [0.29, 0.717) is 0 Å². The third-order valence-corrected chi connectivity index (χ3v) is 3.72. The molecule has 134 valence electrons. The molecule has 7 nitrogen and oxygen atoms in total. The zero-order valence-electron chi connectivity index (χ0n) is 13.4.